The SMILES string of the molecule is c1ccc(CN(CCOc2cccc(-c3cccc(-c4cccc(OCCN(Cc5ccccn5)Cc5ccccn5)n4)n3)n2)Cc2ccccn2)nc1. The van der Waals surface area contributed by atoms with Gasteiger partial charge in [-0.25, -0.2) is 15.0 Å². The van der Waals surface area contributed by atoms with Gasteiger partial charge in [-0.05, 0) is 72.8 Å². The van der Waals surface area contributed by atoms with Crippen LogP contribution < -0.4 is 9.47 Å². The molecule has 0 bridgehead atoms. The molecule has 0 aliphatic heterocycles. The molecule has 0 unspecified atom stereocenters. The Labute approximate surface area is 315 Å². The van der Waals surface area contributed by atoms with Gasteiger partial charge in [0.15, 0.2) is 0 Å². The summed E-state index contributed by atoms with van der Waals surface area (Å²) < 4.78 is 12.3. The van der Waals surface area contributed by atoms with Crippen LogP contribution >= 0.6 is 0 Å². The van der Waals surface area contributed by atoms with Gasteiger partial charge in [-0.2, -0.15) is 0 Å². The van der Waals surface area contributed by atoms with Crippen molar-refractivity contribution in [3.8, 4) is 34.5 Å². The number of pyridine rings is 7. The summed E-state index contributed by atoms with van der Waals surface area (Å²) in [7, 11) is 0. The van der Waals surface area contributed by atoms with Crippen LogP contribution in [-0.2, 0) is 26.2 Å². The molecular weight excluding hydrogens is 675 g/mol. The standard InChI is InChI=1S/C43H41N9O2/c1-5-22-44-34(12-1)30-51(31-35-13-2-6-23-45-35)26-28-53-42-20-10-18-40(49-42)38-16-9-17-39(48-38)41-19-11-21-43(50-41)54-29-27-52(32-36-14-3-7-24-46-36)33-37-15-4-8-25-47-37/h1-25H,26-33H2. The second kappa shape index (κ2) is 18.9. The maximum atomic E-state index is 6.16. The van der Waals surface area contributed by atoms with Gasteiger partial charge in [0.05, 0.1) is 45.6 Å². The van der Waals surface area contributed by atoms with E-state index in [1.165, 1.54) is 0 Å². The zero-order valence-corrected chi connectivity index (χ0v) is 29.9. The van der Waals surface area contributed by atoms with Crippen LogP contribution in [0.3, 0.4) is 0 Å². The van der Waals surface area contributed by atoms with Gasteiger partial charge in [-0.1, -0.05) is 42.5 Å². The van der Waals surface area contributed by atoms with Crippen LogP contribution in [0.25, 0.3) is 22.8 Å². The maximum absolute atomic E-state index is 6.16. The van der Waals surface area contributed by atoms with E-state index in [1.807, 2.05) is 152 Å². The lowest BCUT2D eigenvalue weighted by atomic mass is 10.2. The minimum atomic E-state index is 0.449. The van der Waals surface area contributed by atoms with Crippen molar-refractivity contribution in [2.24, 2.45) is 0 Å². The van der Waals surface area contributed by atoms with Crippen molar-refractivity contribution in [3.05, 3.63) is 175 Å². The van der Waals surface area contributed by atoms with Gasteiger partial charge in [0.2, 0.25) is 11.8 Å². The maximum Gasteiger partial charge on any atom is 0.213 e. The predicted octanol–water partition coefficient (Wildman–Crippen LogP) is 6.95. The van der Waals surface area contributed by atoms with Crippen LogP contribution in [0, 0.1) is 0 Å². The van der Waals surface area contributed by atoms with Crippen molar-refractivity contribution in [3.63, 3.8) is 0 Å². The molecule has 7 rings (SSSR count). The Morgan fingerprint density at radius 2 is 0.685 bits per heavy atom. The summed E-state index contributed by atoms with van der Waals surface area (Å²) >= 11 is 0. The zero-order valence-electron chi connectivity index (χ0n) is 29.9. The van der Waals surface area contributed by atoms with Crippen LogP contribution in [0.5, 0.6) is 11.8 Å². The molecule has 11 heteroatoms. The largest absolute Gasteiger partial charge is 0.476 e. The average molecular weight is 716 g/mol. The molecule has 7 aromatic heterocycles. The highest BCUT2D eigenvalue weighted by Gasteiger charge is 2.13. The Bertz CT molecular complexity index is 1930. The molecule has 0 N–H and O–H groups in total. The molecule has 7 heterocycles. The molecule has 0 fully saturated rings. The number of rotatable bonds is 18. The molecule has 0 radical (unpaired) electrons. The fraction of sp³-hybridized carbons (Fsp3) is 0.186. The summed E-state index contributed by atoms with van der Waals surface area (Å²) in [5.74, 6) is 1.06. The van der Waals surface area contributed by atoms with Gasteiger partial charge in [-0.3, -0.25) is 29.7 Å². The van der Waals surface area contributed by atoms with E-state index in [4.69, 9.17) is 24.4 Å². The summed E-state index contributed by atoms with van der Waals surface area (Å²) in [6.45, 7) is 4.97. The van der Waals surface area contributed by atoms with Crippen molar-refractivity contribution in [1.29, 1.82) is 0 Å². The number of aromatic nitrogens is 7. The minimum Gasteiger partial charge on any atom is -0.476 e. The summed E-state index contributed by atoms with van der Waals surface area (Å²) in [6, 6.07) is 41.1. The van der Waals surface area contributed by atoms with Gasteiger partial charge in [-0.15, -0.1) is 0 Å². The number of nitrogens with zero attached hydrogens (tertiary/aromatic N) is 9. The molecule has 0 spiro atoms. The molecule has 11 nitrogen and oxygen atoms in total. The molecular formula is C43H41N9O2. The molecule has 0 aliphatic carbocycles. The Hall–Kier alpha value is -6.43. The first-order valence-corrected chi connectivity index (χ1v) is 18.0. The van der Waals surface area contributed by atoms with E-state index < -0.39 is 0 Å². The molecule has 0 amide bonds. The summed E-state index contributed by atoms with van der Waals surface area (Å²) in [5.41, 5.74) is 6.83. The Morgan fingerprint density at radius 3 is 1.02 bits per heavy atom. The predicted molar refractivity (Wildman–Crippen MR) is 207 cm³/mol. The van der Waals surface area contributed by atoms with E-state index in [2.05, 4.69) is 29.7 Å². The smallest absolute Gasteiger partial charge is 0.213 e. The van der Waals surface area contributed by atoms with Crippen molar-refractivity contribution in [1.82, 2.24) is 44.7 Å². The summed E-state index contributed by atoms with van der Waals surface area (Å²) in [6.07, 6.45) is 7.26. The number of ether oxygens (including phenoxy) is 2. The third-order valence-corrected chi connectivity index (χ3v) is 8.48. The first-order chi connectivity index (χ1) is 26.7. The van der Waals surface area contributed by atoms with E-state index >= 15 is 0 Å². The van der Waals surface area contributed by atoms with Crippen molar-refractivity contribution >= 4 is 0 Å². The molecule has 0 aliphatic rings. The molecule has 7 aromatic rings. The number of hydrogen-bond acceptors (Lipinski definition) is 11. The van der Waals surface area contributed by atoms with Crippen LogP contribution in [0.15, 0.2) is 152 Å². The number of hydrogen-bond donors (Lipinski definition) is 0. The average Bonchev–Trinajstić information content (AvgIpc) is 3.23. The highest BCUT2D eigenvalue weighted by atomic mass is 16.5. The van der Waals surface area contributed by atoms with Crippen LogP contribution in [0.2, 0.25) is 0 Å². The van der Waals surface area contributed by atoms with Gasteiger partial charge < -0.3 is 9.47 Å². The Kier molecular flexibility index (Phi) is 12.6. The molecule has 270 valence electrons. The highest BCUT2D eigenvalue weighted by Crippen LogP contribution is 2.23. The lowest BCUT2D eigenvalue weighted by molar-refractivity contribution is 0.189. The normalized spacial score (nSPS) is 11.1. The molecule has 0 aromatic carbocycles. The first-order valence-electron chi connectivity index (χ1n) is 18.0. The fourth-order valence-electron chi connectivity index (χ4n) is 5.87. The van der Waals surface area contributed by atoms with Crippen LogP contribution in [0.1, 0.15) is 22.8 Å². The van der Waals surface area contributed by atoms with Crippen molar-refractivity contribution in [2.45, 2.75) is 26.2 Å². The van der Waals surface area contributed by atoms with Gasteiger partial charge in [0, 0.05) is 76.2 Å². The van der Waals surface area contributed by atoms with E-state index in [0.717, 1.165) is 34.2 Å². The quantitative estimate of drug-likeness (QED) is 0.0920. The Balaban J connectivity index is 0.969. The summed E-state index contributed by atoms with van der Waals surface area (Å²) in [4.78, 5) is 37.1. The van der Waals surface area contributed by atoms with E-state index in [0.29, 0.717) is 75.6 Å². The van der Waals surface area contributed by atoms with Crippen molar-refractivity contribution < 1.29 is 9.47 Å². The van der Waals surface area contributed by atoms with E-state index in [1.54, 1.807) is 0 Å². The molecule has 0 saturated carbocycles. The van der Waals surface area contributed by atoms with E-state index in [9.17, 15) is 0 Å². The van der Waals surface area contributed by atoms with Crippen LogP contribution in [-0.4, -0.2) is 71.0 Å². The first kappa shape index (κ1) is 36.0. The molecule has 0 atom stereocenters. The topological polar surface area (TPSA) is 115 Å². The van der Waals surface area contributed by atoms with Gasteiger partial charge in [0.1, 0.15) is 13.2 Å². The van der Waals surface area contributed by atoms with E-state index in [-0.39, 0.29) is 0 Å². The minimum absolute atomic E-state index is 0.449. The third-order valence-electron chi connectivity index (χ3n) is 8.48. The van der Waals surface area contributed by atoms with Crippen molar-refractivity contribution in [2.75, 3.05) is 26.3 Å². The Morgan fingerprint density at radius 1 is 0.352 bits per heavy atom. The van der Waals surface area contributed by atoms with Gasteiger partial charge in [0.25, 0.3) is 0 Å². The second-order valence-electron chi connectivity index (χ2n) is 12.5. The highest BCUT2D eigenvalue weighted by molar-refractivity contribution is 5.62. The summed E-state index contributed by atoms with van der Waals surface area (Å²) in [5, 5.41) is 0. The molecule has 0 saturated heterocycles. The third kappa shape index (κ3) is 10.8. The van der Waals surface area contributed by atoms with Gasteiger partial charge >= 0.3 is 0 Å². The lowest BCUT2D eigenvalue weighted by Gasteiger charge is -2.21. The molecule has 54 heavy (non-hydrogen) atoms. The van der Waals surface area contributed by atoms with Crippen LogP contribution in [0.4, 0.5) is 0 Å². The lowest BCUT2D eigenvalue weighted by Crippen LogP contribution is -2.28. The zero-order chi connectivity index (χ0) is 36.6. The monoisotopic (exact) mass is 715 g/mol. The fourth-order valence-corrected chi connectivity index (χ4v) is 5.87. The second-order valence-corrected chi connectivity index (χ2v) is 12.5.